The molecule has 0 aliphatic heterocycles. The van der Waals surface area contributed by atoms with E-state index >= 15 is 0 Å². The van der Waals surface area contributed by atoms with E-state index in [1.54, 1.807) is 30.3 Å². The van der Waals surface area contributed by atoms with Gasteiger partial charge >= 0.3 is 0 Å². The summed E-state index contributed by atoms with van der Waals surface area (Å²) in [6, 6.07) is 11.2. The summed E-state index contributed by atoms with van der Waals surface area (Å²) in [5, 5.41) is 5.36. The van der Waals surface area contributed by atoms with E-state index in [-0.39, 0.29) is 18.0 Å². The van der Waals surface area contributed by atoms with Gasteiger partial charge in [-0.2, -0.15) is 0 Å². The first-order chi connectivity index (χ1) is 11.0. The second-order valence-corrected chi connectivity index (χ2v) is 5.78. The fourth-order valence-corrected chi connectivity index (χ4v) is 2.37. The van der Waals surface area contributed by atoms with Crippen molar-refractivity contribution >= 4 is 27.7 Å². The van der Waals surface area contributed by atoms with Gasteiger partial charge in [-0.3, -0.25) is 9.59 Å². The summed E-state index contributed by atoms with van der Waals surface area (Å²) in [4.78, 5) is 23.8. The van der Waals surface area contributed by atoms with Crippen LogP contribution >= 0.6 is 15.9 Å². The highest BCUT2D eigenvalue weighted by Crippen LogP contribution is 2.15. The minimum absolute atomic E-state index is 0.0203. The average molecular weight is 379 g/mol. The number of carbonyl (C=O) groups excluding carboxylic acids is 2. The van der Waals surface area contributed by atoms with E-state index in [1.165, 1.54) is 12.1 Å². The first-order valence-corrected chi connectivity index (χ1v) is 7.91. The summed E-state index contributed by atoms with van der Waals surface area (Å²) in [7, 11) is 0. The largest absolute Gasteiger partial charge is 0.352 e. The highest BCUT2D eigenvalue weighted by atomic mass is 79.9. The summed E-state index contributed by atoms with van der Waals surface area (Å²) in [6.45, 7) is 2.60. The third-order valence-electron chi connectivity index (χ3n) is 3.16. The molecule has 120 valence electrons. The molecular formula is C17H16BrFN2O2. The summed E-state index contributed by atoms with van der Waals surface area (Å²) < 4.78 is 14.3. The molecule has 23 heavy (non-hydrogen) atoms. The van der Waals surface area contributed by atoms with Crippen LogP contribution in [0, 0.1) is 5.82 Å². The number of rotatable bonds is 5. The van der Waals surface area contributed by atoms with Crippen LogP contribution in [0.1, 0.15) is 33.2 Å². The maximum Gasteiger partial charge on any atom is 0.254 e. The zero-order chi connectivity index (χ0) is 16.8. The smallest absolute Gasteiger partial charge is 0.254 e. The first kappa shape index (κ1) is 17.1. The van der Waals surface area contributed by atoms with Gasteiger partial charge in [0.2, 0.25) is 0 Å². The van der Waals surface area contributed by atoms with Crippen LogP contribution in [-0.4, -0.2) is 18.4 Å². The second-order valence-electron chi connectivity index (χ2n) is 4.87. The van der Waals surface area contributed by atoms with Crippen molar-refractivity contribution in [3.8, 4) is 0 Å². The van der Waals surface area contributed by atoms with Crippen molar-refractivity contribution in [2.45, 2.75) is 13.5 Å². The minimum Gasteiger partial charge on any atom is -0.352 e. The highest BCUT2D eigenvalue weighted by Gasteiger charge is 2.12. The highest BCUT2D eigenvalue weighted by molar-refractivity contribution is 9.10. The molecule has 0 aromatic heterocycles. The zero-order valence-corrected chi connectivity index (χ0v) is 14.1. The van der Waals surface area contributed by atoms with Crippen LogP contribution in [-0.2, 0) is 6.54 Å². The van der Waals surface area contributed by atoms with Crippen LogP contribution in [0.2, 0.25) is 0 Å². The van der Waals surface area contributed by atoms with Crippen molar-refractivity contribution in [3.63, 3.8) is 0 Å². The lowest BCUT2D eigenvalue weighted by atomic mass is 10.1. The number of halogens is 2. The Hall–Kier alpha value is -2.21. The van der Waals surface area contributed by atoms with Gasteiger partial charge < -0.3 is 10.6 Å². The van der Waals surface area contributed by atoms with Crippen molar-refractivity contribution < 1.29 is 14.0 Å². The zero-order valence-electron chi connectivity index (χ0n) is 12.5. The van der Waals surface area contributed by atoms with Gasteiger partial charge in [0.1, 0.15) is 5.82 Å². The van der Waals surface area contributed by atoms with Gasteiger partial charge in [-0.1, -0.05) is 28.1 Å². The van der Waals surface area contributed by atoms with Crippen molar-refractivity contribution in [1.29, 1.82) is 0 Å². The Kier molecular flexibility index (Phi) is 5.87. The maximum absolute atomic E-state index is 13.7. The molecule has 0 aliphatic rings. The third-order valence-corrected chi connectivity index (χ3v) is 3.65. The Morgan fingerprint density at radius 1 is 1.09 bits per heavy atom. The molecule has 0 bridgehead atoms. The van der Waals surface area contributed by atoms with Crippen LogP contribution < -0.4 is 10.6 Å². The molecule has 0 aliphatic carbocycles. The van der Waals surface area contributed by atoms with Gasteiger partial charge in [0.15, 0.2) is 0 Å². The molecule has 0 fully saturated rings. The Morgan fingerprint density at radius 3 is 2.57 bits per heavy atom. The van der Waals surface area contributed by atoms with Crippen LogP contribution in [0.25, 0.3) is 0 Å². The quantitative estimate of drug-likeness (QED) is 0.838. The number of amides is 2. The van der Waals surface area contributed by atoms with Crippen LogP contribution in [0.4, 0.5) is 4.39 Å². The predicted molar refractivity (Wildman–Crippen MR) is 89.7 cm³/mol. The second kappa shape index (κ2) is 7.87. The van der Waals surface area contributed by atoms with E-state index < -0.39 is 11.7 Å². The number of nitrogens with one attached hydrogen (secondary N) is 2. The molecule has 0 unspecified atom stereocenters. The predicted octanol–water partition coefficient (Wildman–Crippen LogP) is 3.27. The SMILES string of the molecule is CCNC(=O)c1cccc(CNC(=O)c2ccc(Br)cc2F)c1. The average Bonchev–Trinajstić information content (AvgIpc) is 2.53. The molecule has 2 amide bonds. The maximum atomic E-state index is 13.7. The van der Waals surface area contributed by atoms with Crippen molar-refractivity contribution in [1.82, 2.24) is 10.6 Å². The van der Waals surface area contributed by atoms with E-state index in [1.807, 2.05) is 6.92 Å². The summed E-state index contributed by atoms with van der Waals surface area (Å²) in [5.74, 6) is -1.26. The topological polar surface area (TPSA) is 58.2 Å². The van der Waals surface area contributed by atoms with Gasteiger partial charge in [0.25, 0.3) is 11.8 Å². The molecule has 6 heteroatoms. The molecule has 2 N–H and O–H groups in total. The van der Waals surface area contributed by atoms with Crippen molar-refractivity contribution in [2.75, 3.05) is 6.54 Å². The van der Waals surface area contributed by atoms with E-state index in [9.17, 15) is 14.0 Å². The monoisotopic (exact) mass is 378 g/mol. The lowest BCUT2D eigenvalue weighted by molar-refractivity contribution is 0.0944. The molecule has 2 aromatic rings. The summed E-state index contributed by atoms with van der Waals surface area (Å²) >= 11 is 3.15. The Morgan fingerprint density at radius 2 is 1.87 bits per heavy atom. The molecule has 0 heterocycles. The first-order valence-electron chi connectivity index (χ1n) is 7.11. The fourth-order valence-electron chi connectivity index (χ4n) is 2.04. The van der Waals surface area contributed by atoms with Gasteiger partial charge in [-0.05, 0) is 42.8 Å². The van der Waals surface area contributed by atoms with E-state index in [0.29, 0.717) is 16.6 Å². The van der Waals surface area contributed by atoms with Gasteiger partial charge in [0, 0.05) is 23.1 Å². The van der Waals surface area contributed by atoms with Crippen LogP contribution in [0.15, 0.2) is 46.9 Å². The van der Waals surface area contributed by atoms with Gasteiger partial charge in [0.05, 0.1) is 5.56 Å². The van der Waals surface area contributed by atoms with Crippen LogP contribution in [0.5, 0.6) is 0 Å². The summed E-state index contributed by atoms with van der Waals surface area (Å²) in [5.41, 5.74) is 1.26. The van der Waals surface area contributed by atoms with Gasteiger partial charge in [-0.15, -0.1) is 0 Å². The molecule has 0 spiro atoms. The Labute approximate surface area is 142 Å². The lowest BCUT2D eigenvalue weighted by Gasteiger charge is -2.08. The molecule has 0 saturated carbocycles. The number of carbonyl (C=O) groups is 2. The lowest BCUT2D eigenvalue weighted by Crippen LogP contribution is -2.25. The Balaban J connectivity index is 2.04. The molecule has 2 aromatic carbocycles. The molecule has 0 atom stereocenters. The minimum atomic E-state index is -0.590. The normalized spacial score (nSPS) is 10.2. The molecule has 0 radical (unpaired) electrons. The fraction of sp³-hybridized carbons (Fsp3) is 0.176. The number of hydrogen-bond acceptors (Lipinski definition) is 2. The van der Waals surface area contributed by atoms with Crippen molar-refractivity contribution in [3.05, 3.63) is 69.4 Å². The van der Waals surface area contributed by atoms with Crippen molar-refractivity contribution in [2.24, 2.45) is 0 Å². The van der Waals surface area contributed by atoms with E-state index in [4.69, 9.17) is 0 Å². The number of benzene rings is 2. The van der Waals surface area contributed by atoms with Crippen LogP contribution in [0.3, 0.4) is 0 Å². The molecule has 2 rings (SSSR count). The Bertz CT molecular complexity index is 734. The third kappa shape index (κ3) is 4.63. The van der Waals surface area contributed by atoms with E-state index in [0.717, 1.165) is 5.56 Å². The number of hydrogen-bond donors (Lipinski definition) is 2. The molecule has 0 saturated heterocycles. The van der Waals surface area contributed by atoms with Gasteiger partial charge in [-0.25, -0.2) is 4.39 Å². The molecular weight excluding hydrogens is 363 g/mol. The molecule has 4 nitrogen and oxygen atoms in total. The standard InChI is InChI=1S/C17H16BrFN2O2/c1-2-20-16(22)12-5-3-4-11(8-12)10-21-17(23)14-7-6-13(18)9-15(14)19/h3-9H,2,10H2,1H3,(H,20,22)(H,21,23). The summed E-state index contributed by atoms with van der Waals surface area (Å²) in [6.07, 6.45) is 0. The van der Waals surface area contributed by atoms with E-state index in [2.05, 4.69) is 26.6 Å².